The van der Waals surface area contributed by atoms with Crippen LogP contribution in [0.4, 0.5) is 11.4 Å². The highest BCUT2D eigenvalue weighted by atomic mass is 32.1. The molecule has 0 saturated heterocycles. The Morgan fingerprint density at radius 1 is 0.434 bits per heavy atom. The van der Waals surface area contributed by atoms with Crippen LogP contribution in [0, 0.1) is 6.92 Å². The van der Waals surface area contributed by atoms with Gasteiger partial charge in [-0.15, -0.1) is 68.0 Å². The molecule has 7 nitrogen and oxygen atoms in total. The fraction of sp³-hybridized carbons (Fsp3) is 0.508. The summed E-state index contributed by atoms with van der Waals surface area (Å²) in [7, 11) is 0. The Labute approximate surface area is 482 Å². The van der Waals surface area contributed by atoms with Gasteiger partial charge in [-0.2, -0.15) is 17.5 Å². The lowest BCUT2D eigenvalue weighted by Crippen LogP contribution is -1.97. The smallest absolute Gasteiger partial charge is 0.138 e. The summed E-state index contributed by atoms with van der Waals surface area (Å²) in [6.45, 7) is 16.6. The Hall–Kier alpha value is -3.54. The summed E-state index contributed by atoms with van der Waals surface area (Å²) in [5.41, 5.74) is 12.6. The van der Waals surface area contributed by atoms with Gasteiger partial charge in [0.1, 0.15) is 28.2 Å². The first-order valence-electron chi connectivity index (χ1n) is 28.8. The fourth-order valence-electron chi connectivity index (χ4n) is 11.2. The minimum absolute atomic E-state index is 0.679. The molecule has 0 bridgehead atoms. The van der Waals surface area contributed by atoms with Crippen LogP contribution in [-0.2, 0) is 37.3 Å². The van der Waals surface area contributed by atoms with Crippen LogP contribution in [0.1, 0.15) is 178 Å². The number of rotatable bonds is 30. The maximum atomic E-state index is 6.90. The number of benzene rings is 1. The summed E-state index contributed by atoms with van der Waals surface area (Å²) in [6.07, 6.45) is 27.4. The fourth-order valence-corrected chi connectivity index (χ4v) is 19.8. The monoisotopic (exact) mass is 1160 g/mol. The van der Waals surface area contributed by atoms with Crippen LogP contribution in [0.15, 0.2) is 45.1 Å². The molecule has 1 aliphatic heterocycles. The lowest BCUT2D eigenvalue weighted by atomic mass is 9.99. The zero-order valence-corrected chi connectivity index (χ0v) is 52.0. The third-order valence-corrected chi connectivity index (χ3v) is 24.1. The average Bonchev–Trinajstić information content (AvgIpc) is 4.28. The second-order valence-electron chi connectivity index (χ2n) is 21.1. The standard InChI is InChI=1S/C61H74N6OS8/c1-7-12-17-22-27-39-33-41-57(69-39)59-43(66(41)29-24-19-14-9-3)35-47(72-59)46-32-38(6)56(71-46)50-52-54(64-75-62-52)51(55-53(50)63-76-65-55)61-45(68-31-26-21-16-11-5)37-49(74-61)48-36-44-60(73-48)58-42(67(44)30-25-20-15-10-4)34-40(70-58)28-23-18-13-8-2/h32-37H,7-31H2,1-6H3. The van der Waals surface area contributed by atoms with E-state index in [-0.39, 0.29) is 0 Å². The van der Waals surface area contributed by atoms with Crippen LogP contribution in [0.25, 0.3) is 92.3 Å². The molecule has 10 heterocycles. The Morgan fingerprint density at radius 3 is 1.39 bits per heavy atom. The molecule has 1 aliphatic rings. The Morgan fingerprint density at radius 2 is 0.868 bits per heavy atom. The topological polar surface area (TPSA) is 69.6 Å². The lowest BCUT2D eigenvalue weighted by molar-refractivity contribution is 0.307. The minimum atomic E-state index is 0.679. The van der Waals surface area contributed by atoms with Crippen molar-refractivity contribution in [2.45, 2.75) is 196 Å². The predicted molar refractivity (Wildman–Crippen MR) is 342 cm³/mol. The van der Waals surface area contributed by atoms with Crippen LogP contribution in [0.5, 0.6) is 5.75 Å². The maximum Gasteiger partial charge on any atom is 0.138 e. The number of thiophene rings is 6. The molecule has 0 fully saturated rings. The molecule has 0 spiro atoms. The quantitative estimate of drug-likeness (QED) is 0.0421. The zero-order valence-electron chi connectivity index (χ0n) is 45.5. The first-order valence-corrected chi connectivity index (χ1v) is 35.2. The van der Waals surface area contributed by atoms with Crippen molar-refractivity contribution >= 4 is 154 Å². The molecule has 15 heteroatoms. The van der Waals surface area contributed by atoms with E-state index in [4.69, 9.17) is 22.2 Å². The van der Waals surface area contributed by atoms with E-state index < -0.39 is 0 Å². The van der Waals surface area contributed by atoms with Crippen molar-refractivity contribution in [1.82, 2.24) is 17.9 Å². The molecule has 0 atom stereocenters. The Bertz CT molecular complexity index is 3660. The van der Waals surface area contributed by atoms with Gasteiger partial charge in [0.15, 0.2) is 0 Å². The summed E-state index contributed by atoms with van der Waals surface area (Å²) in [5.74, 6) is 0.918. The molecule has 76 heavy (non-hydrogen) atoms. The van der Waals surface area contributed by atoms with Crippen molar-refractivity contribution in [2.24, 2.45) is 8.73 Å². The zero-order chi connectivity index (χ0) is 52.1. The van der Waals surface area contributed by atoms with Gasteiger partial charge < -0.3 is 13.9 Å². The van der Waals surface area contributed by atoms with Crippen LogP contribution < -0.4 is 4.74 Å². The molecule has 1 aromatic carbocycles. The number of fused-ring (bicyclic) bond motifs is 8. The van der Waals surface area contributed by atoms with Gasteiger partial charge in [-0.25, -0.2) is 0 Å². The van der Waals surface area contributed by atoms with E-state index in [1.54, 1.807) is 0 Å². The van der Waals surface area contributed by atoms with Gasteiger partial charge in [0, 0.05) is 53.3 Å². The van der Waals surface area contributed by atoms with Crippen LogP contribution >= 0.6 is 79.7 Å². The highest BCUT2D eigenvalue weighted by molar-refractivity contribution is 7.58. The first kappa shape index (κ1) is 54.4. The van der Waals surface area contributed by atoms with E-state index in [2.05, 4.69) is 87.1 Å². The van der Waals surface area contributed by atoms with Gasteiger partial charge in [0.05, 0.1) is 86.6 Å². The predicted octanol–water partition coefficient (Wildman–Crippen LogP) is 23.3. The van der Waals surface area contributed by atoms with E-state index in [9.17, 15) is 0 Å². The first-order chi connectivity index (χ1) is 37.4. The lowest BCUT2D eigenvalue weighted by Gasteiger charge is -2.12. The molecule has 0 amide bonds. The molecule has 11 rings (SSSR count). The molecule has 0 saturated carbocycles. The van der Waals surface area contributed by atoms with Crippen LogP contribution in [0.3, 0.4) is 0 Å². The molecule has 402 valence electrons. The van der Waals surface area contributed by atoms with E-state index in [1.165, 1.54) is 232 Å². The van der Waals surface area contributed by atoms with E-state index in [0.29, 0.717) is 6.61 Å². The number of unbranched alkanes of at least 4 members (excludes halogenated alkanes) is 15. The van der Waals surface area contributed by atoms with Gasteiger partial charge in [-0.05, 0) is 87.8 Å². The second-order valence-corrected chi connectivity index (χ2v) is 28.6. The van der Waals surface area contributed by atoms with Gasteiger partial charge in [-0.1, -0.05) is 131 Å². The molecule has 10 aromatic rings. The Kier molecular flexibility index (Phi) is 18.1. The molecular formula is C61H74N6OS8. The number of hydrogen-bond donors (Lipinski definition) is 0. The van der Waals surface area contributed by atoms with Gasteiger partial charge >= 0.3 is 0 Å². The number of aryl methyl sites for hydroxylation is 5. The van der Waals surface area contributed by atoms with Crippen molar-refractivity contribution in [2.75, 3.05) is 6.61 Å². The SMILES string of the molecule is CCCCCCOc1cc(-c2cc3c(s2)c2sc(CCCCCC)cc2n3CCCCCC)sc1-c1c2c(c(-c3sc(-c4cc5c(s4)c4sc(CCCCCC)cc4n5CCCCCC)cc3C)c3nsnc13)N=S=N2. The molecular weight excluding hydrogens is 1090 g/mol. The number of ether oxygens (including phenoxy) is 1. The van der Waals surface area contributed by atoms with Crippen molar-refractivity contribution in [3.8, 4) is 46.1 Å². The maximum absolute atomic E-state index is 6.90. The van der Waals surface area contributed by atoms with E-state index in [1.807, 2.05) is 68.0 Å². The normalized spacial score (nSPS) is 12.7. The molecule has 9 aromatic heterocycles. The number of aromatic nitrogens is 4. The highest BCUT2D eigenvalue weighted by Gasteiger charge is 2.32. The van der Waals surface area contributed by atoms with Crippen molar-refractivity contribution in [3.05, 3.63) is 51.7 Å². The van der Waals surface area contributed by atoms with Crippen molar-refractivity contribution < 1.29 is 4.74 Å². The summed E-state index contributed by atoms with van der Waals surface area (Å²) in [6, 6.07) is 14.7. The third kappa shape index (κ3) is 11.0. The van der Waals surface area contributed by atoms with Crippen molar-refractivity contribution in [1.29, 1.82) is 0 Å². The average molecular weight is 1160 g/mol. The molecule has 0 radical (unpaired) electrons. The molecule has 0 N–H and O–H groups in total. The van der Waals surface area contributed by atoms with Gasteiger partial charge in [-0.3, -0.25) is 0 Å². The van der Waals surface area contributed by atoms with Crippen LogP contribution in [-0.4, -0.2) is 24.5 Å². The molecule has 0 unspecified atom stereocenters. The number of hydrogen-bond acceptors (Lipinski definition) is 12. The van der Waals surface area contributed by atoms with E-state index >= 15 is 0 Å². The number of nitrogens with zero attached hydrogens (tertiary/aromatic N) is 6. The largest absolute Gasteiger partial charge is 0.492 e. The summed E-state index contributed by atoms with van der Waals surface area (Å²) < 4.78 is 38.6. The highest BCUT2D eigenvalue weighted by Crippen LogP contribution is 2.59. The molecule has 0 aliphatic carbocycles. The second kappa shape index (κ2) is 25.3. The van der Waals surface area contributed by atoms with Gasteiger partial charge in [0.25, 0.3) is 0 Å². The third-order valence-electron chi connectivity index (χ3n) is 15.3. The van der Waals surface area contributed by atoms with Crippen molar-refractivity contribution in [3.63, 3.8) is 0 Å². The van der Waals surface area contributed by atoms with E-state index in [0.717, 1.165) is 70.1 Å². The summed E-state index contributed by atoms with van der Waals surface area (Å²) in [5, 5.41) is 0. The minimum Gasteiger partial charge on any atom is -0.492 e. The Balaban J connectivity index is 0.971. The van der Waals surface area contributed by atoms with Crippen LogP contribution in [0.2, 0.25) is 0 Å². The summed E-state index contributed by atoms with van der Waals surface area (Å²) in [4.78, 5) is 10.5. The van der Waals surface area contributed by atoms with Gasteiger partial charge in [0.2, 0.25) is 0 Å². The summed E-state index contributed by atoms with van der Waals surface area (Å²) >= 11 is 14.3.